The largest absolute Gasteiger partial charge is 0.471 e. The summed E-state index contributed by atoms with van der Waals surface area (Å²) in [5.74, 6) is -2.56. The maximum Gasteiger partial charge on any atom is 0.471 e. The second-order valence-electron chi connectivity index (χ2n) is 8.24. The molecule has 0 fully saturated rings. The molecule has 7 nitrogen and oxygen atoms in total. The summed E-state index contributed by atoms with van der Waals surface area (Å²) in [6, 6.07) is 5.40. The van der Waals surface area contributed by atoms with Crippen LogP contribution in [-0.4, -0.2) is 45.9 Å². The number of amides is 1. The van der Waals surface area contributed by atoms with Crippen LogP contribution in [0, 0.1) is 0 Å². The molecule has 0 saturated heterocycles. The first-order valence-electron chi connectivity index (χ1n) is 9.26. The third kappa shape index (κ3) is 3.99. The lowest BCUT2D eigenvalue weighted by atomic mass is 9.92. The zero-order chi connectivity index (χ0) is 22.4. The molecular weight excluding hydrogens is 401 g/mol. The van der Waals surface area contributed by atoms with E-state index in [-0.39, 0.29) is 18.4 Å². The number of carbonyl (C=O) groups excluding carboxylic acids is 2. The van der Waals surface area contributed by atoms with E-state index >= 15 is 0 Å². The van der Waals surface area contributed by atoms with Gasteiger partial charge in [0.15, 0.2) is 0 Å². The van der Waals surface area contributed by atoms with Crippen molar-refractivity contribution >= 4 is 17.7 Å². The van der Waals surface area contributed by atoms with Gasteiger partial charge in [0.25, 0.3) is 0 Å². The number of alkyl halides is 3. The average molecular weight is 424 g/mol. The van der Waals surface area contributed by atoms with Crippen molar-refractivity contribution in [1.29, 1.82) is 0 Å². The van der Waals surface area contributed by atoms with Gasteiger partial charge in [-0.15, -0.1) is 0 Å². The summed E-state index contributed by atoms with van der Waals surface area (Å²) in [5.41, 5.74) is 8.42. The smallest absolute Gasteiger partial charge is 0.467 e. The van der Waals surface area contributed by atoms with Crippen LogP contribution in [0.1, 0.15) is 37.6 Å². The number of nitrogen functional groups attached to an aromatic ring is 1. The Labute approximate surface area is 171 Å². The van der Waals surface area contributed by atoms with Crippen molar-refractivity contribution in [3.63, 3.8) is 0 Å². The minimum absolute atomic E-state index is 0.106. The van der Waals surface area contributed by atoms with Crippen molar-refractivity contribution in [2.75, 3.05) is 12.8 Å². The van der Waals surface area contributed by atoms with Gasteiger partial charge in [-0.05, 0) is 23.3 Å². The number of aromatic nitrogens is 2. The summed E-state index contributed by atoms with van der Waals surface area (Å²) in [5, 5.41) is 4.53. The third-order valence-corrected chi connectivity index (χ3v) is 5.05. The van der Waals surface area contributed by atoms with Gasteiger partial charge in [0.2, 0.25) is 0 Å². The molecule has 0 bridgehead atoms. The number of fused-ring (bicyclic) bond motifs is 1. The Morgan fingerprint density at radius 3 is 2.37 bits per heavy atom. The lowest BCUT2D eigenvalue weighted by Gasteiger charge is -2.35. The minimum Gasteiger partial charge on any atom is -0.467 e. The number of esters is 1. The first-order valence-corrected chi connectivity index (χ1v) is 9.26. The summed E-state index contributed by atoms with van der Waals surface area (Å²) in [4.78, 5) is 24.5. The summed E-state index contributed by atoms with van der Waals surface area (Å²) in [6.07, 6.45) is -5.19. The van der Waals surface area contributed by atoms with Crippen LogP contribution < -0.4 is 5.73 Å². The third-order valence-electron chi connectivity index (χ3n) is 5.05. The Morgan fingerprint density at radius 1 is 1.17 bits per heavy atom. The zero-order valence-corrected chi connectivity index (χ0v) is 17.1. The number of nitrogens with zero attached hydrogens (tertiary/aromatic N) is 3. The number of hydrogen-bond donors (Lipinski definition) is 1. The molecule has 0 saturated carbocycles. The molecule has 30 heavy (non-hydrogen) atoms. The van der Waals surface area contributed by atoms with E-state index in [0.29, 0.717) is 27.5 Å². The van der Waals surface area contributed by atoms with Crippen molar-refractivity contribution in [1.82, 2.24) is 14.7 Å². The molecule has 0 radical (unpaired) electrons. The van der Waals surface area contributed by atoms with E-state index < -0.39 is 24.1 Å². The highest BCUT2D eigenvalue weighted by atomic mass is 19.4. The number of benzene rings is 1. The van der Waals surface area contributed by atoms with Crippen molar-refractivity contribution in [3.8, 4) is 5.69 Å². The van der Waals surface area contributed by atoms with Crippen LogP contribution in [-0.2, 0) is 32.7 Å². The molecule has 1 atom stereocenters. The number of ether oxygens (including phenoxy) is 1. The molecule has 1 amide bonds. The molecule has 2 N–H and O–H groups in total. The number of hydrogen-bond acceptors (Lipinski definition) is 5. The van der Waals surface area contributed by atoms with E-state index in [1.54, 1.807) is 28.9 Å². The number of methoxy groups -OCH3 is 1. The number of rotatable bonds is 2. The van der Waals surface area contributed by atoms with Crippen LogP contribution in [0.5, 0.6) is 0 Å². The first-order chi connectivity index (χ1) is 13.8. The van der Waals surface area contributed by atoms with E-state index in [0.717, 1.165) is 12.8 Å². The lowest BCUT2D eigenvalue weighted by molar-refractivity contribution is -0.191. The summed E-state index contributed by atoms with van der Waals surface area (Å²) < 4.78 is 45.2. The van der Waals surface area contributed by atoms with Crippen LogP contribution in [0.25, 0.3) is 5.69 Å². The number of halogens is 3. The Morgan fingerprint density at radius 2 is 1.83 bits per heavy atom. The molecule has 1 aliphatic heterocycles. The van der Waals surface area contributed by atoms with Gasteiger partial charge in [0.05, 0.1) is 18.5 Å². The standard InChI is InChI=1S/C20H23F3N4O3/c1-19(2,3)15-9-16(24)27(25-15)13-6-5-11-10-26(18(29)20(21,22)23)14(17(28)30-4)8-12(11)7-13/h5-7,9,14H,8,10,24H2,1-4H3/t14-/m0/s1. The highest BCUT2D eigenvalue weighted by Crippen LogP contribution is 2.31. The van der Waals surface area contributed by atoms with Crippen molar-refractivity contribution in [3.05, 3.63) is 41.1 Å². The van der Waals surface area contributed by atoms with Gasteiger partial charge in [-0.2, -0.15) is 18.3 Å². The summed E-state index contributed by atoms with van der Waals surface area (Å²) in [7, 11) is 1.07. The first kappa shape index (κ1) is 21.7. The van der Waals surface area contributed by atoms with E-state index in [1.807, 2.05) is 20.8 Å². The molecular formula is C20H23F3N4O3. The van der Waals surface area contributed by atoms with E-state index in [9.17, 15) is 22.8 Å². The maximum atomic E-state index is 13.0. The molecule has 1 aromatic heterocycles. The normalized spacial score (nSPS) is 16.9. The fourth-order valence-corrected chi connectivity index (χ4v) is 3.39. The fourth-order valence-electron chi connectivity index (χ4n) is 3.39. The lowest BCUT2D eigenvalue weighted by Crippen LogP contribution is -2.53. The van der Waals surface area contributed by atoms with Crippen LogP contribution in [0.3, 0.4) is 0 Å². The van der Waals surface area contributed by atoms with Gasteiger partial charge < -0.3 is 15.4 Å². The zero-order valence-electron chi connectivity index (χ0n) is 17.1. The van der Waals surface area contributed by atoms with Gasteiger partial charge in [-0.1, -0.05) is 26.8 Å². The van der Waals surface area contributed by atoms with Crippen LogP contribution >= 0.6 is 0 Å². The van der Waals surface area contributed by atoms with E-state index in [2.05, 4.69) is 9.84 Å². The Balaban J connectivity index is 2.01. The summed E-state index contributed by atoms with van der Waals surface area (Å²) >= 11 is 0. The van der Waals surface area contributed by atoms with Crippen LogP contribution in [0.4, 0.5) is 19.0 Å². The summed E-state index contributed by atoms with van der Waals surface area (Å²) in [6.45, 7) is 5.65. The SMILES string of the molecule is COC(=O)[C@@H]1Cc2cc(-n3nc(C(C)(C)C)cc3N)ccc2CN1C(=O)C(F)(F)F. The molecule has 3 rings (SSSR count). The van der Waals surface area contributed by atoms with Gasteiger partial charge in [-0.3, -0.25) is 4.79 Å². The fraction of sp³-hybridized carbons (Fsp3) is 0.450. The predicted octanol–water partition coefficient (Wildman–Crippen LogP) is 2.74. The second kappa shape index (κ2) is 7.33. The average Bonchev–Trinajstić information content (AvgIpc) is 3.06. The van der Waals surface area contributed by atoms with E-state index in [1.165, 1.54) is 0 Å². The van der Waals surface area contributed by atoms with E-state index in [4.69, 9.17) is 5.73 Å². The highest BCUT2D eigenvalue weighted by Gasteiger charge is 2.48. The molecule has 162 valence electrons. The monoisotopic (exact) mass is 424 g/mol. The van der Waals surface area contributed by atoms with Crippen molar-refractivity contribution in [2.45, 2.75) is 51.4 Å². The Kier molecular flexibility index (Phi) is 5.30. The van der Waals surface area contributed by atoms with Gasteiger partial charge in [-0.25, -0.2) is 9.48 Å². The second-order valence-corrected chi connectivity index (χ2v) is 8.24. The predicted molar refractivity (Wildman–Crippen MR) is 103 cm³/mol. The van der Waals surface area contributed by atoms with Gasteiger partial charge >= 0.3 is 18.1 Å². The number of carbonyl (C=O) groups is 2. The highest BCUT2D eigenvalue weighted by molar-refractivity contribution is 5.88. The maximum absolute atomic E-state index is 13.0. The quantitative estimate of drug-likeness (QED) is 0.749. The van der Waals surface area contributed by atoms with Crippen LogP contribution in [0.15, 0.2) is 24.3 Å². The molecule has 2 aromatic rings. The Hall–Kier alpha value is -3.04. The Bertz CT molecular complexity index is 992. The molecule has 0 spiro atoms. The molecule has 0 aliphatic carbocycles. The van der Waals surface area contributed by atoms with Crippen molar-refractivity contribution in [2.24, 2.45) is 0 Å². The molecule has 2 heterocycles. The molecule has 0 unspecified atom stereocenters. The number of anilines is 1. The van der Waals surface area contributed by atoms with Crippen molar-refractivity contribution < 1.29 is 27.5 Å². The minimum atomic E-state index is -5.09. The van der Waals surface area contributed by atoms with Gasteiger partial charge in [0, 0.05) is 24.4 Å². The van der Waals surface area contributed by atoms with Crippen LogP contribution in [0.2, 0.25) is 0 Å². The number of nitrogens with two attached hydrogens (primary N) is 1. The molecule has 1 aromatic carbocycles. The van der Waals surface area contributed by atoms with Gasteiger partial charge in [0.1, 0.15) is 11.9 Å². The topological polar surface area (TPSA) is 90.4 Å². The molecule has 1 aliphatic rings. The molecule has 10 heteroatoms.